The highest BCUT2D eigenvalue weighted by atomic mass is 35.5. The van der Waals surface area contributed by atoms with Gasteiger partial charge in [-0.15, -0.1) is 11.3 Å². The highest BCUT2D eigenvalue weighted by Crippen LogP contribution is 2.32. The van der Waals surface area contributed by atoms with Gasteiger partial charge in [0.15, 0.2) is 10.9 Å². The zero-order valence-corrected chi connectivity index (χ0v) is 18.0. The molecule has 29 heavy (non-hydrogen) atoms. The number of carbonyl (C=O) groups is 2. The lowest BCUT2D eigenvalue weighted by molar-refractivity contribution is -0.116. The molecule has 0 bridgehead atoms. The van der Waals surface area contributed by atoms with Crippen molar-refractivity contribution in [1.29, 1.82) is 0 Å². The minimum atomic E-state index is -0.237. The Balaban J connectivity index is 1.62. The van der Waals surface area contributed by atoms with Crippen molar-refractivity contribution in [1.82, 2.24) is 4.98 Å². The SMILES string of the molecule is COc1ccc(-c2nc(NC(=O)CCC(=O)c3ccc(Cl)cc3)sc2C)cc1C. The summed E-state index contributed by atoms with van der Waals surface area (Å²) in [6.07, 6.45) is 0.222. The summed E-state index contributed by atoms with van der Waals surface area (Å²) >= 11 is 7.24. The van der Waals surface area contributed by atoms with Gasteiger partial charge in [-0.25, -0.2) is 4.98 Å². The van der Waals surface area contributed by atoms with Crippen LogP contribution >= 0.6 is 22.9 Å². The van der Waals surface area contributed by atoms with Crippen LogP contribution in [0.15, 0.2) is 42.5 Å². The van der Waals surface area contributed by atoms with E-state index in [-0.39, 0.29) is 24.5 Å². The van der Waals surface area contributed by atoms with Crippen LogP contribution in [0.4, 0.5) is 5.13 Å². The Morgan fingerprint density at radius 2 is 1.83 bits per heavy atom. The lowest BCUT2D eigenvalue weighted by Crippen LogP contribution is -2.13. The molecule has 0 saturated carbocycles. The number of aryl methyl sites for hydroxylation is 2. The molecule has 0 unspecified atom stereocenters. The van der Waals surface area contributed by atoms with Crippen LogP contribution < -0.4 is 10.1 Å². The Morgan fingerprint density at radius 3 is 2.48 bits per heavy atom. The van der Waals surface area contributed by atoms with E-state index >= 15 is 0 Å². The minimum absolute atomic E-state index is 0.0943. The Hall–Kier alpha value is -2.70. The van der Waals surface area contributed by atoms with Gasteiger partial charge in [0.05, 0.1) is 12.8 Å². The molecular weight excluding hydrogens is 408 g/mol. The van der Waals surface area contributed by atoms with E-state index in [9.17, 15) is 9.59 Å². The van der Waals surface area contributed by atoms with Crippen LogP contribution in [0.2, 0.25) is 5.02 Å². The van der Waals surface area contributed by atoms with Crippen molar-refractivity contribution in [2.45, 2.75) is 26.7 Å². The fourth-order valence-electron chi connectivity index (χ4n) is 2.93. The summed E-state index contributed by atoms with van der Waals surface area (Å²) in [5, 5.41) is 3.89. The van der Waals surface area contributed by atoms with Gasteiger partial charge in [-0.05, 0) is 61.9 Å². The lowest BCUT2D eigenvalue weighted by Gasteiger charge is -2.06. The quantitative estimate of drug-likeness (QED) is 0.491. The second-order valence-corrected chi connectivity index (χ2v) is 8.23. The Bertz CT molecular complexity index is 1040. The molecule has 0 radical (unpaired) electrons. The van der Waals surface area contributed by atoms with Gasteiger partial charge in [0, 0.05) is 33.9 Å². The number of methoxy groups -OCH3 is 1. The molecular formula is C22H21ClN2O3S. The van der Waals surface area contributed by atoms with E-state index in [2.05, 4.69) is 10.3 Å². The summed E-state index contributed by atoms with van der Waals surface area (Å²) in [7, 11) is 1.64. The van der Waals surface area contributed by atoms with Crippen molar-refractivity contribution < 1.29 is 14.3 Å². The average molecular weight is 429 g/mol. The maximum Gasteiger partial charge on any atom is 0.226 e. The van der Waals surface area contributed by atoms with E-state index in [0.29, 0.717) is 15.7 Å². The van der Waals surface area contributed by atoms with Crippen LogP contribution in [0.25, 0.3) is 11.3 Å². The van der Waals surface area contributed by atoms with Crippen LogP contribution in [0.5, 0.6) is 5.75 Å². The first-order chi connectivity index (χ1) is 13.9. The first-order valence-electron chi connectivity index (χ1n) is 9.08. The number of nitrogens with zero attached hydrogens (tertiary/aromatic N) is 1. The van der Waals surface area contributed by atoms with E-state index in [4.69, 9.17) is 16.3 Å². The third-order valence-corrected chi connectivity index (χ3v) is 5.59. The number of aromatic nitrogens is 1. The van der Waals surface area contributed by atoms with Gasteiger partial charge in [0.2, 0.25) is 5.91 Å². The van der Waals surface area contributed by atoms with Crippen LogP contribution in [0, 0.1) is 13.8 Å². The first kappa shape index (κ1) is 21.0. The first-order valence-corrected chi connectivity index (χ1v) is 10.3. The average Bonchev–Trinajstić information content (AvgIpc) is 3.06. The van der Waals surface area contributed by atoms with Crippen molar-refractivity contribution in [3.8, 4) is 17.0 Å². The number of amides is 1. The molecule has 0 fully saturated rings. The number of ether oxygens (including phenoxy) is 1. The normalized spacial score (nSPS) is 10.6. The predicted octanol–water partition coefficient (Wildman–Crippen LogP) is 5.69. The van der Waals surface area contributed by atoms with E-state index in [1.54, 1.807) is 31.4 Å². The topological polar surface area (TPSA) is 68.3 Å². The maximum atomic E-state index is 12.3. The molecule has 5 nitrogen and oxygen atoms in total. The van der Waals surface area contributed by atoms with Gasteiger partial charge < -0.3 is 10.1 Å². The second-order valence-electron chi connectivity index (χ2n) is 6.59. The Labute approximate surface area is 178 Å². The maximum absolute atomic E-state index is 12.3. The molecule has 1 aromatic heterocycles. The Morgan fingerprint density at radius 1 is 1.10 bits per heavy atom. The third kappa shape index (κ3) is 5.22. The largest absolute Gasteiger partial charge is 0.496 e. The van der Waals surface area contributed by atoms with Crippen LogP contribution in [0.3, 0.4) is 0 Å². The number of anilines is 1. The fourth-order valence-corrected chi connectivity index (χ4v) is 3.91. The standard InChI is InChI=1S/C22H21ClN2O3S/c1-13-12-16(6-10-19(13)28-3)21-14(2)29-22(25-21)24-20(27)11-9-18(26)15-4-7-17(23)8-5-15/h4-8,10,12H,9,11H2,1-3H3,(H,24,25,27). The molecule has 1 N–H and O–H groups in total. The molecule has 0 spiro atoms. The molecule has 2 aromatic carbocycles. The summed E-state index contributed by atoms with van der Waals surface area (Å²) in [4.78, 5) is 30.0. The number of ketones is 1. The van der Waals surface area contributed by atoms with Gasteiger partial charge >= 0.3 is 0 Å². The zero-order valence-electron chi connectivity index (χ0n) is 16.4. The third-order valence-electron chi connectivity index (χ3n) is 4.46. The number of carbonyl (C=O) groups excluding carboxylic acids is 2. The summed E-state index contributed by atoms with van der Waals surface area (Å²) in [5.41, 5.74) is 3.36. The fraction of sp³-hybridized carbons (Fsp3) is 0.227. The smallest absolute Gasteiger partial charge is 0.226 e. The van der Waals surface area contributed by atoms with Gasteiger partial charge in [-0.3, -0.25) is 9.59 Å². The highest BCUT2D eigenvalue weighted by molar-refractivity contribution is 7.16. The number of rotatable bonds is 7. The molecule has 150 valence electrons. The van der Waals surface area contributed by atoms with Crippen molar-refractivity contribution in [3.05, 3.63) is 63.5 Å². The van der Waals surface area contributed by atoms with E-state index in [1.807, 2.05) is 32.0 Å². The number of hydrogen-bond acceptors (Lipinski definition) is 5. The van der Waals surface area contributed by atoms with Crippen LogP contribution in [-0.2, 0) is 4.79 Å². The number of halogens is 1. The molecule has 3 aromatic rings. The van der Waals surface area contributed by atoms with Gasteiger partial charge in [-0.1, -0.05) is 11.6 Å². The Kier molecular flexibility index (Phi) is 6.67. The van der Waals surface area contributed by atoms with Crippen molar-refractivity contribution >= 4 is 39.8 Å². The van der Waals surface area contributed by atoms with E-state index in [0.717, 1.165) is 27.4 Å². The second kappa shape index (κ2) is 9.20. The van der Waals surface area contributed by atoms with Crippen molar-refractivity contribution in [2.75, 3.05) is 12.4 Å². The molecule has 1 heterocycles. The number of nitrogens with one attached hydrogen (secondary N) is 1. The molecule has 0 saturated heterocycles. The zero-order chi connectivity index (χ0) is 21.0. The highest BCUT2D eigenvalue weighted by Gasteiger charge is 2.14. The minimum Gasteiger partial charge on any atom is -0.496 e. The summed E-state index contributed by atoms with van der Waals surface area (Å²) in [6.45, 7) is 3.94. The van der Waals surface area contributed by atoms with Crippen molar-refractivity contribution in [2.24, 2.45) is 0 Å². The molecule has 0 atom stereocenters. The molecule has 0 aliphatic carbocycles. The number of thiazole rings is 1. The summed E-state index contributed by atoms with van der Waals surface area (Å²) < 4.78 is 5.30. The molecule has 3 rings (SSSR count). The molecule has 0 aliphatic rings. The van der Waals surface area contributed by atoms with Crippen molar-refractivity contribution in [3.63, 3.8) is 0 Å². The van der Waals surface area contributed by atoms with Gasteiger partial charge in [-0.2, -0.15) is 0 Å². The molecule has 0 aliphatic heterocycles. The predicted molar refractivity (Wildman–Crippen MR) is 117 cm³/mol. The van der Waals surface area contributed by atoms with Gasteiger partial charge in [0.25, 0.3) is 0 Å². The lowest BCUT2D eigenvalue weighted by atomic mass is 10.1. The van der Waals surface area contributed by atoms with Crippen LogP contribution in [0.1, 0.15) is 33.6 Å². The van der Waals surface area contributed by atoms with E-state index < -0.39 is 0 Å². The monoisotopic (exact) mass is 428 g/mol. The number of Topliss-reactive ketones (excluding diaryl/α,β-unsaturated/α-hetero) is 1. The van der Waals surface area contributed by atoms with Crippen LogP contribution in [-0.4, -0.2) is 23.8 Å². The molecule has 7 heteroatoms. The summed E-state index contributed by atoms with van der Waals surface area (Å²) in [6, 6.07) is 12.5. The number of benzene rings is 2. The van der Waals surface area contributed by atoms with E-state index in [1.165, 1.54) is 11.3 Å². The molecule has 1 amide bonds. The summed E-state index contributed by atoms with van der Waals surface area (Å²) in [5.74, 6) is 0.487. The van der Waals surface area contributed by atoms with Gasteiger partial charge in [0.1, 0.15) is 5.75 Å². The number of hydrogen-bond donors (Lipinski definition) is 1.